The Morgan fingerprint density at radius 1 is 1.29 bits per heavy atom. The van der Waals surface area contributed by atoms with Crippen LogP contribution in [0.5, 0.6) is 0 Å². The Morgan fingerprint density at radius 2 is 1.90 bits per heavy atom. The van der Waals surface area contributed by atoms with Crippen molar-refractivity contribution < 1.29 is 14.7 Å². The summed E-state index contributed by atoms with van der Waals surface area (Å²) in [5.74, 6) is -0.571. The molecule has 0 bridgehead atoms. The molecule has 0 aromatic heterocycles. The van der Waals surface area contributed by atoms with E-state index in [9.17, 15) is 14.7 Å². The van der Waals surface area contributed by atoms with E-state index in [-0.39, 0.29) is 11.3 Å². The summed E-state index contributed by atoms with van der Waals surface area (Å²) in [4.78, 5) is 27.4. The van der Waals surface area contributed by atoms with Gasteiger partial charge < -0.3 is 10.0 Å². The summed E-state index contributed by atoms with van der Waals surface area (Å²) in [5, 5.41) is 9.50. The lowest BCUT2D eigenvalue weighted by Crippen LogP contribution is -2.54. The van der Waals surface area contributed by atoms with Crippen LogP contribution < -0.4 is 0 Å². The molecule has 0 aromatic rings. The number of aliphatic carboxylic acids is 1. The molecule has 1 amide bonds. The number of nitrogens with zero attached hydrogens (tertiary/aromatic N) is 2. The Bertz CT molecular complexity index is 365. The van der Waals surface area contributed by atoms with Crippen molar-refractivity contribution in [3.63, 3.8) is 0 Å². The third-order valence-corrected chi connectivity index (χ3v) is 4.56. The van der Waals surface area contributed by atoms with Crippen LogP contribution in [0.15, 0.2) is 0 Å². The molecular formula is C16H30N2O3. The van der Waals surface area contributed by atoms with Gasteiger partial charge in [0.2, 0.25) is 5.91 Å². The van der Waals surface area contributed by atoms with Crippen LogP contribution in [-0.4, -0.2) is 59.0 Å². The summed E-state index contributed by atoms with van der Waals surface area (Å²) in [5.41, 5.74) is -0.201. The zero-order valence-corrected chi connectivity index (χ0v) is 13.9. The van der Waals surface area contributed by atoms with Crippen LogP contribution in [0.2, 0.25) is 0 Å². The average molecular weight is 298 g/mol. The van der Waals surface area contributed by atoms with Crippen molar-refractivity contribution in [2.24, 2.45) is 5.41 Å². The number of carboxylic acids is 1. The van der Waals surface area contributed by atoms with Gasteiger partial charge in [-0.3, -0.25) is 14.5 Å². The van der Waals surface area contributed by atoms with Gasteiger partial charge in [0, 0.05) is 19.5 Å². The molecule has 0 saturated carbocycles. The van der Waals surface area contributed by atoms with Crippen molar-refractivity contribution in [3.8, 4) is 0 Å². The highest BCUT2D eigenvalue weighted by Gasteiger charge is 2.42. The number of carbonyl (C=O) groups excluding carboxylic acids is 1. The average Bonchev–Trinajstić information content (AvgIpc) is 2.38. The van der Waals surface area contributed by atoms with Crippen LogP contribution in [0.3, 0.4) is 0 Å². The van der Waals surface area contributed by atoms with E-state index < -0.39 is 12.0 Å². The Kier molecular flexibility index (Phi) is 6.65. The first kappa shape index (κ1) is 18.0. The number of carbonyl (C=O) groups is 2. The second-order valence-electron chi connectivity index (χ2n) is 6.54. The molecule has 0 aromatic carbocycles. The lowest BCUT2D eigenvalue weighted by atomic mass is 9.76. The monoisotopic (exact) mass is 298 g/mol. The van der Waals surface area contributed by atoms with Gasteiger partial charge in [0.1, 0.15) is 6.04 Å². The molecule has 1 fully saturated rings. The molecule has 0 radical (unpaired) electrons. The molecule has 1 unspecified atom stereocenters. The molecule has 0 spiro atoms. The van der Waals surface area contributed by atoms with E-state index in [0.717, 1.165) is 38.9 Å². The normalized spacial score (nSPS) is 22.0. The molecule has 1 aliphatic heterocycles. The third kappa shape index (κ3) is 4.70. The third-order valence-electron chi connectivity index (χ3n) is 4.56. The number of likely N-dealkylation sites (tertiary alicyclic amines) is 1. The molecular weight excluding hydrogens is 268 g/mol. The number of piperidine rings is 1. The molecule has 1 heterocycles. The van der Waals surface area contributed by atoms with E-state index >= 15 is 0 Å². The second-order valence-corrected chi connectivity index (χ2v) is 6.54. The maximum absolute atomic E-state index is 12.0. The number of rotatable bonds is 7. The van der Waals surface area contributed by atoms with Gasteiger partial charge in [-0.15, -0.1) is 0 Å². The van der Waals surface area contributed by atoms with Gasteiger partial charge in [-0.25, -0.2) is 0 Å². The van der Waals surface area contributed by atoms with E-state index in [1.807, 2.05) is 37.5 Å². The van der Waals surface area contributed by atoms with E-state index in [2.05, 4.69) is 0 Å². The van der Waals surface area contributed by atoms with E-state index in [4.69, 9.17) is 0 Å². The molecule has 0 aliphatic carbocycles. The molecule has 21 heavy (non-hydrogen) atoms. The fourth-order valence-electron chi connectivity index (χ4n) is 3.40. The molecule has 1 N–H and O–H groups in total. The fraction of sp³-hybridized carbons (Fsp3) is 0.875. The van der Waals surface area contributed by atoms with Crippen molar-refractivity contribution in [2.45, 2.75) is 59.4 Å². The van der Waals surface area contributed by atoms with E-state index in [1.165, 1.54) is 0 Å². The van der Waals surface area contributed by atoms with Gasteiger partial charge in [-0.2, -0.15) is 0 Å². The maximum Gasteiger partial charge on any atom is 0.321 e. The summed E-state index contributed by atoms with van der Waals surface area (Å²) < 4.78 is 0. The first-order chi connectivity index (χ1) is 9.83. The summed E-state index contributed by atoms with van der Waals surface area (Å²) in [6.45, 7) is 11.0. The highest BCUT2D eigenvalue weighted by atomic mass is 16.4. The van der Waals surface area contributed by atoms with Crippen molar-refractivity contribution in [1.82, 2.24) is 9.80 Å². The fourth-order valence-corrected chi connectivity index (χ4v) is 3.40. The van der Waals surface area contributed by atoms with Crippen LogP contribution in [0.1, 0.15) is 53.4 Å². The lowest BCUT2D eigenvalue weighted by Gasteiger charge is -2.44. The van der Waals surface area contributed by atoms with Gasteiger partial charge in [-0.05, 0) is 51.6 Å². The Labute approximate surface area is 128 Å². The zero-order chi connectivity index (χ0) is 16.0. The molecule has 1 aliphatic rings. The van der Waals surface area contributed by atoms with Gasteiger partial charge in [-0.1, -0.05) is 13.8 Å². The topological polar surface area (TPSA) is 60.9 Å². The quantitative estimate of drug-likeness (QED) is 0.783. The minimum Gasteiger partial charge on any atom is -0.480 e. The predicted molar refractivity (Wildman–Crippen MR) is 83.2 cm³/mol. The molecule has 1 rings (SSSR count). The Balaban J connectivity index is 2.53. The Morgan fingerprint density at radius 3 is 2.43 bits per heavy atom. The first-order valence-corrected chi connectivity index (χ1v) is 8.08. The van der Waals surface area contributed by atoms with Crippen molar-refractivity contribution in [3.05, 3.63) is 0 Å². The number of hydrogen-bond acceptors (Lipinski definition) is 3. The van der Waals surface area contributed by atoms with Crippen molar-refractivity contribution in [2.75, 3.05) is 26.2 Å². The molecule has 122 valence electrons. The van der Waals surface area contributed by atoms with Gasteiger partial charge in [0.15, 0.2) is 0 Å². The lowest BCUT2D eigenvalue weighted by molar-refractivity contribution is -0.150. The minimum atomic E-state index is -0.741. The van der Waals surface area contributed by atoms with Crippen molar-refractivity contribution >= 4 is 11.9 Å². The van der Waals surface area contributed by atoms with E-state index in [1.54, 1.807) is 0 Å². The number of amides is 1. The standard InChI is InChI=1S/C16H30N2O3/c1-5-17(6-2)13(19)9-7-11-18-12-8-10-16(3,4)14(18)15(20)21/h14H,5-12H2,1-4H3,(H,20,21). The van der Waals surface area contributed by atoms with Crippen LogP contribution in [0.4, 0.5) is 0 Å². The zero-order valence-electron chi connectivity index (χ0n) is 13.9. The number of carboxylic acid groups (broad SMARTS) is 1. The first-order valence-electron chi connectivity index (χ1n) is 8.08. The summed E-state index contributed by atoms with van der Waals surface area (Å²) in [7, 11) is 0. The van der Waals surface area contributed by atoms with E-state index in [0.29, 0.717) is 13.0 Å². The molecule has 5 heteroatoms. The van der Waals surface area contributed by atoms with Crippen LogP contribution in [0.25, 0.3) is 0 Å². The second kappa shape index (κ2) is 7.78. The SMILES string of the molecule is CCN(CC)C(=O)CCCN1CCCC(C)(C)C1C(=O)O. The molecule has 1 atom stereocenters. The van der Waals surface area contributed by atoms with Crippen LogP contribution in [-0.2, 0) is 9.59 Å². The summed E-state index contributed by atoms with van der Waals surface area (Å²) >= 11 is 0. The minimum absolute atomic E-state index is 0.170. The van der Waals surface area contributed by atoms with Crippen LogP contribution in [0, 0.1) is 5.41 Å². The molecule has 1 saturated heterocycles. The highest BCUT2D eigenvalue weighted by Crippen LogP contribution is 2.35. The maximum atomic E-state index is 12.0. The highest BCUT2D eigenvalue weighted by molar-refractivity contribution is 5.76. The summed E-state index contributed by atoms with van der Waals surface area (Å²) in [6, 6.07) is -0.435. The van der Waals surface area contributed by atoms with Gasteiger partial charge >= 0.3 is 5.97 Å². The van der Waals surface area contributed by atoms with Crippen LogP contribution >= 0.6 is 0 Å². The smallest absolute Gasteiger partial charge is 0.321 e. The van der Waals surface area contributed by atoms with Crippen molar-refractivity contribution in [1.29, 1.82) is 0 Å². The molecule has 5 nitrogen and oxygen atoms in total. The Hall–Kier alpha value is -1.10. The largest absolute Gasteiger partial charge is 0.480 e. The number of hydrogen-bond donors (Lipinski definition) is 1. The summed E-state index contributed by atoms with van der Waals surface area (Å²) in [6.07, 6.45) is 3.21. The van der Waals surface area contributed by atoms with Gasteiger partial charge in [0.25, 0.3) is 0 Å². The predicted octanol–water partition coefficient (Wildman–Crippen LogP) is 2.21. The van der Waals surface area contributed by atoms with Gasteiger partial charge in [0.05, 0.1) is 0 Å².